The molecule has 0 radical (unpaired) electrons. The molecule has 0 aromatic heterocycles. The lowest BCUT2D eigenvalue weighted by molar-refractivity contribution is 0.0925. The molecule has 0 atom stereocenters. The van der Waals surface area contributed by atoms with Crippen LogP contribution >= 0.6 is 0 Å². The Bertz CT molecular complexity index is 1370. The minimum absolute atomic E-state index is 0.231. The quantitative estimate of drug-likeness (QED) is 0.476. The number of aryl methyl sites for hydroxylation is 1. The maximum absolute atomic E-state index is 13.2. The minimum Gasteiger partial charge on any atom is -0.322 e. The van der Waals surface area contributed by atoms with Crippen molar-refractivity contribution in [2.45, 2.75) is 6.92 Å². The fourth-order valence-electron chi connectivity index (χ4n) is 3.84. The molecule has 1 aliphatic rings. The first-order chi connectivity index (χ1) is 15.0. The second kappa shape index (κ2) is 7.22. The number of carbonyl (C=O) groups is 3. The first-order valence-electron chi connectivity index (χ1n) is 9.91. The number of amides is 3. The van der Waals surface area contributed by atoms with Gasteiger partial charge in [0, 0.05) is 16.6 Å². The molecule has 5 heteroatoms. The van der Waals surface area contributed by atoms with Crippen molar-refractivity contribution >= 4 is 39.9 Å². The summed E-state index contributed by atoms with van der Waals surface area (Å²) < 4.78 is 0. The maximum Gasteiger partial charge on any atom is 0.266 e. The second-order valence-corrected chi connectivity index (χ2v) is 7.52. The van der Waals surface area contributed by atoms with Crippen molar-refractivity contribution < 1.29 is 14.4 Å². The predicted molar refractivity (Wildman–Crippen MR) is 121 cm³/mol. The average Bonchev–Trinajstić information content (AvgIpc) is 3.04. The number of fused-ring (bicyclic) bond motifs is 2. The zero-order chi connectivity index (χ0) is 21.5. The Balaban J connectivity index is 1.49. The number of nitrogens with zero attached hydrogens (tertiary/aromatic N) is 1. The summed E-state index contributed by atoms with van der Waals surface area (Å²) in [4.78, 5) is 40.1. The Morgan fingerprint density at radius 3 is 2.29 bits per heavy atom. The van der Waals surface area contributed by atoms with Gasteiger partial charge in [-0.15, -0.1) is 0 Å². The van der Waals surface area contributed by atoms with Gasteiger partial charge in [0.25, 0.3) is 17.7 Å². The van der Waals surface area contributed by atoms with Gasteiger partial charge in [-0.05, 0) is 48.7 Å². The van der Waals surface area contributed by atoms with Crippen LogP contribution in [-0.2, 0) is 0 Å². The molecule has 1 aliphatic heterocycles. The number of nitrogens with one attached hydrogen (secondary N) is 1. The van der Waals surface area contributed by atoms with Gasteiger partial charge in [0.05, 0.1) is 16.8 Å². The average molecular weight is 406 g/mol. The van der Waals surface area contributed by atoms with Crippen molar-refractivity contribution in [1.82, 2.24) is 0 Å². The highest BCUT2D eigenvalue weighted by Gasteiger charge is 2.37. The number of imide groups is 1. The fraction of sp³-hybridized carbons (Fsp3) is 0.0385. The van der Waals surface area contributed by atoms with Crippen LogP contribution in [0.4, 0.5) is 11.4 Å². The normalized spacial score (nSPS) is 12.9. The molecule has 0 saturated heterocycles. The zero-order valence-electron chi connectivity index (χ0n) is 16.8. The lowest BCUT2D eigenvalue weighted by atomic mass is 10.1. The highest BCUT2D eigenvalue weighted by atomic mass is 16.2. The van der Waals surface area contributed by atoms with E-state index in [1.807, 2.05) is 67.6 Å². The van der Waals surface area contributed by atoms with E-state index >= 15 is 0 Å². The number of rotatable bonds is 3. The van der Waals surface area contributed by atoms with E-state index in [0.717, 1.165) is 16.3 Å². The molecule has 4 aromatic carbocycles. The molecular weight excluding hydrogens is 388 g/mol. The van der Waals surface area contributed by atoms with Crippen molar-refractivity contribution in [3.8, 4) is 0 Å². The van der Waals surface area contributed by atoms with Gasteiger partial charge in [0.15, 0.2) is 0 Å². The van der Waals surface area contributed by atoms with Gasteiger partial charge in [-0.1, -0.05) is 54.1 Å². The molecule has 31 heavy (non-hydrogen) atoms. The van der Waals surface area contributed by atoms with Crippen LogP contribution in [-0.4, -0.2) is 17.7 Å². The van der Waals surface area contributed by atoms with E-state index in [0.29, 0.717) is 22.5 Å². The molecule has 1 heterocycles. The Kier molecular flexibility index (Phi) is 4.37. The highest BCUT2D eigenvalue weighted by Crippen LogP contribution is 2.34. The van der Waals surface area contributed by atoms with E-state index in [-0.39, 0.29) is 17.4 Å². The van der Waals surface area contributed by atoms with Gasteiger partial charge in [-0.2, -0.15) is 0 Å². The van der Waals surface area contributed by atoms with Crippen LogP contribution in [0.1, 0.15) is 36.6 Å². The molecule has 0 spiro atoms. The topological polar surface area (TPSA) is 66.5 Å². The SMILES string of the molecule is Cc1ccc(NC(=O)c2ccc3c(c2)C(=O)N(c2cccc4ccccc24)C3=O)cc1. The Morgan fingerprint density at radius 2 is 1.48 bits per heavy atom. The largest absolute Gasteiger partial charge is 0.322 e. The van der Waals surface area contributed by atoms with Crippen molar-refractivity contribution in [3.63, 3.8) is 0 Å². The molecule has 1 N–H and O–H groups in total. The first kappa shape index (κ1) is 18.8. The summed E-state index contributed by atoms with van der Waals surface area (Å²) in [7, 11) is 0. The molecular formula is C26H18N2O3. The van der Waals surface area contributed by atoms with E-state index < -0.39 is 5.91 Å². The smallest absolute Gasteiger partial charge is 0.266 e. The molecule has 0 unspecified atom stereocenters. The lowest BCUT2D eigenvalue weighted by Crippen LogP contribution is -2.29. The van der Waals surface area contributed by atoms with Crippen molar-refractivity contribution in [1.29, 1.82) is 0 Å². The number of hydrogen-bond acceptors (Lipinski definition) is 3. The van der Waals surface area contributed by atoms with E-state index in [2.05, 4.69) is 5.32 Å². The van der Waals surface area contributed by atoms with Crippen LogP contribution in [0.3, 0.4) is 0 Å². The molecule has 150 valence electrons. The minimum atomic E-state index is -0.429. The van der Waals surface area contributed by atoms with Crippen LogP contribution in [0.15, 0.2) is 84.9 Å². The summed E-state index contributed by atoms with van der Waals surface area (Å²) in [5.41, 5.74) is 3.14. The van der Waals surface area contributed by atoms with Gasteiger partial charge in [0.1, 0.15) is 0 Å². The summed E-state index contributed by atoms with van der Waals surface area (Å²) in [5.74, 6) is -1.15. The van der Waals surface area contributed by atoms with E-state index in [1.165, 1.54) is 11.0 Å². The number of hydrogen-bond donors (Lipinski definition) is 1. The van der Waals surface area contributed by atoms with E-state index in [1.54, 1.807) is 18.2 Å². The molecule has 4 aromatic rings. The molecule has 0 fully saturated rings. The Labute approximate surface area is 178 Å². The summed E-state index contributed by atoms with van der Waals surface area (Å²) in [6, 6.07) is 25.2. The monoisotopic (exact) mass is 406 g/mol. The molecule has 5 nitrogen and oxygen atoms in total. The van der Waals surface area contributed by atoms with Crippen LogP contribution in [0.5, 0.6) is 0 Å². The first-order valence-corrected chi connectivity index (χ1v) is 9.91. The molecule has 0 aliphatic carbocycles. The summed E-state index contributed by atoms with van der Waals surface area (Å²) in [5, 5.41) is 4.58. The molecule has 5 rings (SSSR count). The summed E-state index contributed by atoms with van der Waals surface area (Å²) in [6.07, 6.45) is 0. The van der Waals surface area contributed by atoms with Crippen LogP contribution in [0.25, 0.3) is 10.8 Å². The van der Waals surface area contributed by atoms with Crippen LogP contribution in [0, 0.1) is 6.92 Å². The van der Waals surface area contributed by atoms with E-state index in [4.69, 9.17) is 0 Å². The molecule has 3 amide bonds. The number of anilines is 2. The van der Waals surface area contributed by atoms with Gasteiger partial charge in [-0.25, -0.2) is 4.90 Å². The predicted octanol–water partition coefficient (Wildman–Crippen LogP) is 5.20. The van der Waals surface area contributed by atoms with E-state index in [9.17, 15) is 14.4 Å². The number of carbonyl (C=O) groups excluding carboxylic acids is 3. The lowest BCUT2D eigenvalue weighted by Gasteiger charge is -2.16. The third-order valence-electron chi connectivity index (χ3n) is 5.47. The third kappa shape index (κ3) is 3.16. The van der Waals surface area contributed by atoms with Crippen LogP contribution < -0.4 is 10.2 Å². The van der Waals surface area contributed by atoms with Crippen molar-refractivity contribution in [2.75, 3.05) is 10.2 Å². The second-order valence-electron chi connectivity index (χ2n) is 7.52. The Morgan fingerprint density at radius 1 is 0.774 bits per heavy atom. The highest BCUT2D eigenvalue weighted by molar-refractivity contribution is 6.36. The zero-order valence-corrected chi connectivity index (χ0v) is 16.8. The van der Waals surface area contributed by atoms with Crippen LogP contribution in [0.2, 0.25) is 0 Å². The standard InChI is InChI=1S/C26H18N2O3/c1-16-9-12-19(13-10-16)27-24(29)18-11-14-21-22(15-18)26(31)28(25(21)30)23-8-4-6-17-5-2-3-7-20(17)23/h2-15H,1H3,(H,27,29). The van der Waals surface area contributed by atoms with Gasteiger partial charge >= 0.3 is 0 Å². The summed E-state index contributed by atoms with van der Waals surface area (Å²) >= 11 is 0. The number of benzene rings is 4. The van der Waals surface area contributed by atoms with Gasteiger partial charge < -0.3 is 5.32 Å². The summed E-state index contributed by atoms with van der Waals surface area (Å²) in [6.45, 7) is 1.97. The van der Waals surface area contributed by atoms with Crippen molar-refractivity contribution in [3.05, 3.63) is 107 Å². The molecule has 0 bridgehead atoms. The maximum atomic E-state index is 13.2. The van der Waals surface area contributed by atoms with Gasteiger partial charge in [-0.3, -0.25) is 14.4 Å². The molecule has 0 saturated carbocycles. The fourth-order valence-corrected chi connectivity index (χ4v) is 3.84. The third-order valence-corrected chi connectivity index (χ3v) is 5.47. The van der Waals surface area contributed by atoms with Crippen molar-refractivity contribution in [2.24, 2.45) is 0 Å². The Hall–Kier alpha value is -4.25. The van der Waals surface area contributed by atoms with Gasteiger partial charge in [0.2, 0.25) is 0 Å².